The van der Waals surface area contributed by atoms with E-state index >= 15 is 0 Å². The molecule has 1 fully saturated rings. The van der Waals surface area contributed by atoms with Crippen molar-refractivity contribution in [1.29, 1.82) is 0 Å². The molecule has 0 atom stereocenters. The van der Waals surface area contributed by atoms with Crippen LogP contribution in [-0.4, -0.2) is 45.2 Å². The molecule has 226 valence electrons. The fraction of sp³-hybridized carbons (Fsp3) is 0.265. The Morgan fingerprint density at radius 3 is 2.27 bits per heavy atom. The van der Waals surface area contributed by atoms with E-state index < -0.39 is 17.8 Å². The molecule has 2 aromatic heterocycles. The lowest BCUT2D eigenvalue weighted by Crippen LogP contribution is -2.20. The monoisotopic (exact) mass is 598 g/mol. The van der Waals surface area contributed by atoms with Gasteiger partial charge in [-0.25, -0.2) is 14.3 Å². The average molecular weight is 599 g/mol. The summed E-state index contributed by atoms with van der Waals surface area (Å²) in [7, 11) is 0. The molecular weight excluding hydrogens is 565 g/mol. The highest BCUT2D eigenvalue weighted by molar-refractivity contribution is 6.00. The molecule has 0 unspecified atom stereocenters. The number of hydrogen-bond acceptors (Lipinski definition) is 4. The molecule has 0 aliphatic carbocycles. The van der Waals surface area contributed by atoms with Gasteiger partial charge < -0.3 is 15.5 Å². The fourth-order valence-electron chi connectivity index (χ4n) is 5.55. The number of alkyl halides is 3. The molecule has 3 heterocycles. The Balaban J connectivity index is 1.10. The SMILES string of the molecule is O=C(Nc1ccc(C(F)(F)F)cc1)Nc1cccc(-c2cccc3nc(Cc4ccc(CCCN5CCCC5)cc4)nn23)c1. The van der Waals surface area contributed by atoms with Crippen LogP contribution in [-0.2, 0) is 19.0 Å². The van der Waals surface area contributed by atoms with Crippen molar-refractivity contribution in [2.75, 3.05) is 30.3 Å². The highest BCUT2D eigenvalue weighted by atomic mass is 19.4. The van der Waals surface area contributed by atoms with Crippen LogP contribution in [0.4, 0.5) is 29.3 Å². The number of pyridine rings is 1. The van der Waals surface area contributed by atoms with Gasteiger partial charge in [0.15, 0.2) is 11.5 Å². The summed E-state index contributed by atoms with van der Waals surface area (Å²) in [6, 6.07) is 25.5. The van der Waals surface area contributed by atoms with Crippen molar-refractivity contribution >= 4 is 23.1 Å². The Hall–Kier alpha value is -4.70. The van der Waals surface area contributed by atoms with Crippen LogP contribution in [0.15, 0.2) is 91.0 Å². The van der Waals surface area contributed by atoms with Gasteiger partial charge in [-0.15, -0.1) is 0 Å². The highest BCUT2D eigenvalue weighted by Gasteiger charge is 2.30. The van der Waals surface area contributed by atoms with Crippen LogP contribution >= 0.6 is 0 Å². The Bertz CT molecular complexity index is 1730. The Kier molecular flexibility index (Phi) is 8.60. The van der Waals surface area contributed by atoms with E-state index in [9.17, 15) is 18.0 Å². The van der Waals surface area contributed by atoms with Crippen molar-refractivity contribution in [2.24, 2.45) is 0 Å². The lowest BCUT2D eigenvalue weighted by molar-refractivity contribution is -0.137. The number of carbonyl (C=O) groups is 1. The molecule has 6 rings (SSSR count). The van der Waals surface area contributed by atoms with Crippen LogP contribution in [0.3, 0.4) is 0 Å². The Morgan fingerprint density at radius 2 is 1.52 bits per heavy atom. The number of anilines is 2. The number of nitrogens with zero attached hydrogens (tertiary/aromatic N) is 4. The molecular formula is C34H33F3N6O. The summed E-state index contributed by atoms with van der Waals surface area (Å²) < 4.78 is 40.3. The van der Waals surface area contributed by atoms with Crippen molar-refractivity contribution in [1.82, 2.24) is 19.5 Å². The van der Waals surface area contributed by atoms with E-state index in [0.29, 0.717) is 17.9 Å². The number of aryl methyl sites for hydroxylation is 1. The maximum atomic E-state index is 12.8. The van der Waals surface area contributed by atoms with Crippen LogP contribution in [0, 0.1) is 0 Å². The molecule has 44 heavy (non-hydrogen) atoms. The van der Waals surface area contributed by atoms with E-state index in [1.54, 1.807) is 10.6 Å². The quantitative estimate of drug-likeness (QED) is 0.183. The van der Waals surface area contributed by atoms with Gasteiger partial charge in [-0.3, -0.25) is 0 Å². The van der Waals surface area contributed by atoms with Gasteiger partial charge in [-0.2, -0.15) is 18.3 Å². The smallest absolute Gasteiger partial charge is 0.308 e. The number of fused-ring (bicyclic) bond motifs is 1. The fourth-order valence-corrected chi connectivity index (χ4v) is 5.55. The normalized spacial score (nSPS) is 13.8. The summed E-state index contributed by atoms with van der Waals surface area (Å²) in [5, 5.41) is 10.1. The van der Waals surface area contributed by atoms with Gasteiger partial charge in [-0.1, -0.05) is 42.5 Å². The zero-order valence-corrected chi connectivity index (χ0v) is 24.1. The number of benzene rings is 3. The minimum Gasteiger partial charge on any atom is -0.308 e. The molecule has 0 spiro atoms. The average Bonchev–Trinajstić information content (AvgIpc) is 3.68. The van der Waals surface area contributed by atoms with Crippen LogP contribution in [0.2, 0.25) is 0 Å². The van der Waals surface area contributed by atoms with Crippen LogP contribution in [0.25, 0.3) is 16.9 Å². The number of rotatable bonds is 9. The molecule has 3 aromatic carbocycles. The standard InChI is InChI=1S/C34H33F3N6O/c35-34(36,37)27-15-17-28(18-16-27)38-33(44)39-29-8-3-7-26(23-29)30-9-4-10-32-40-31(41-43(30)32)22-25-13-11-24(12-14-25)6-5-21-42-19-1-2-20-42/h3-4,7-18,23H,1-2,5-6,19-22H2,(H2,38,39,44). The third-order valence-corrected chi connectivity index (χ3v) is 7.81. The van der Waals surface area contributed by atoms with Crippen LogP contribution in [0.5, 0.6) is 0 Å². The first-order valence-corrected chi connectivity index (χ1v) is 14.8. The molecule has 7 nitrogen and oxygen atoms in total. The summed E-state index contributed by atoms with van der Waals surface area (Å²) in [4.78, 5) is 19.8. The van der Waals surface area contributed by atoms with Crippen LogP contribution in [0.1, 0.15) is 41.8 Å². The first-order chi connectivity index (χ1) is 21.3. The molecule has 0 saturated carbocycles. The van der Waals surface area contributed by atoms with E-state index in [0.717, 1.165) is 41.0 Å². The summed E-state index contributed by atoms with van der Waals surface area (Å²) in [5.74, 6) is 0.712. The van der Waals surface area contributed by atoms with Crippen LogP contribution < -0.4 is 10.6 Å². The topological polar surface area (TPSA) is 74.6 Å². The number of amides is 2. The molecule has 1 aliphatic heterocycles. The number of urea groups is 1. The molecule has 0 radical (unpaired) electrons. The summed E-state index contributed by atoms with van der Waals surface area (Å²) in [6.45, 7) is 3.64. The number of likely N-dealkylation sites (tertiary alicyclic amines) is 1. The number of aromatic nitrogens is 3. The van der Waals surface area contributed by atoms with Crippen molar-refractivity contribution in [3.8, 4) is 11.3 Å². The second kappa shape index (κ2) is 12.9. The van der Waals surface area contributed by atoms with E-state index in [1.807, 2.05) is 36.4 Å². The zero-order valence-electron chi connectivity index (χ0n) is 24.1. The molecule has 2 amide bonds. The van der Waals surface area contributed by atoms with E-state index in [-0.39, 0.29) is 5.69 Å². The van der Waals surface area contributed by atoms with Gasteiger partial charge in [0.1, 0.15) is 0 Å². The Labute approximate surface area is 253 Å². The number of hydrogen-bond donors (Lipinski definition) is 2. The molecule has 10 heteroatoms. The highest BCUT2D eigenvalue weighted by Crippen LogP contribution is 2.30. The van der Waals surface area contributed by atoms with Crippen molar-refractivity contribution in [2.45, 2.75) is 38.3 Å². The van der Waals surface area contributed by atoms with Gasteiger partial charge in [0.25, 0.3) is 0 Å². The third kappa shape index (κ3) is 7.26. The first kappa shape index (κ1) is 29.4. The van der Waals surface area contributed by atoms with Crippen molar-refractivity contribution in [3.05, 3.63) is 114 Å². The predicted molar refractivity (Wildman–Crippen MR) is 166 cm³/mol. The summed E-state index contributed by atoms with van der Waals surface area (Å²) in [6.07, 6.45) is 1.08. The van der Waals surface area contributed by atoms with Gasteiger partial charge in [0, 0.05) is 23.4 Å². The lowest BCUT2D eigenvalue weighted by Gasteiger charge is -2.13. The van der Waals surface area contributed by atoms with E-state index in [2.05, 4.69) is 39.8 Å². The molecule has 1 aliphatic rings. The second-order valence-corrected chi connectivity index (χ2v) is 11.1. The number of halogens is 3. The third-order valence-electron chi connectivity index (χ3n) is 7.81. The predicted octanol–water partition coefficient (Wildman–Crippen LogP) is 7.68. The second-order valence-electron chi connectivity index (χ2n) is 11.1. The van der Waals surface area contributed by atoms with Gasteiger partial charge in [0.2, 0.25) is 0 Å². The molecule has 5 aromatic rings. The molecule has 1 saturated heterocycles. The largest absolute Gasteiger partial charge is 0.416 e. The molecule has 0 bridgehead atoms. The maximum Gasteiger partial charge on any atom is 0.416 e. The van der Waals surface area contributed by atoms with E-state index in [1.165, 1.54) is 56.6 Å². The summed E-state index contributed by atoms with van der Waals surface area (Å²) in [5.41, 5.74) is 4.82. The lowest BCUT2D eigenvalue weighted by atomic mass is 10.1. The van der Waals surface area contributed by atoms with E-state index in [4.69, 9.17) is 10.1 Å². The summed E-state index contributed by atoms with van der Waals surface area (Å²) >= 11 is 0. The zero-order chi connectivity index (χ0) is 30.5. The first-order valence-electron chi connectivity index (χ1n) is 14.8. The maximum absolute atomic E-state index is 12.8. The number of carbonyl (C=O) groups excluding carboxylic acids is 1. The van der Waals surface area contributed by atoms with Gasteiger partial charge in [-0.05, 0) is 105 Å². The Morgan fingerprint density at radius 1 is 0.818 bits per heavy atom. The van der Waals surface area contributed by atoms with Crippen molar-refractivity contribution < 1.29 is 18.0 Å². The minimum atomic E-state index is -4.44. The van der Waals surface area contributed by atoms with Gasteiger partial charge in [0.05, 0.1) is 11.3 Å². The van der Waals surface area contributed by atoms with Gasteiger partial charge >= 0.3 is 12.2 Å². The van der Waals surface area contributed by atoms with Crippen molar-refractivity contribution in [3.63, 3.8) is 0 Å². The molecule has 2 N–H and O–H groups in total. The minimum absolute atomic E-state index is 0.249. The number of nitrogens with one attached hydrogen (secondary N) is 2.